The second-order valence-corrected chi connectivity index (χ2v) is 9.80. The molecule has 0 fully saturated rings. The van der Waals surface area contributed by atoms with Crippen molar-refractivity contribution in [1.29, 1.82) is 0 Å². The number of nitrogens with one attached hydrogen (secondary N) is 2. The molecular weight excluding hydrogens is 434 g/mol. The van der Waals surface area contributed by atoms with Gasteiger partial charge in [0.1, 0.15) is 17.7 Å². The van der Waals surface area contributed by atoms with Crippen molar-refractivity contribution in [3.8, 4) is 0 Å². The van der Waals surface area contributed by atoms with E-state index < -0.39 is 36.3 Å². The summed E-state index contributed by atoms with van der Waals surface area (Å²) in [6.07, 6.45) is 1.52. The number of alkyl carbamates (subject to hydrolysis) is 1. The van der Waals surface area contributed by atoms with Crippen LogP contribution in [0.15, 0.2) is 18.2 Å². The molecule has 1 rings (SSSR count). The Hall–Kier alpha value is -2.61. The zero-order valence-electron chi connectivity index (χ0n) is 22.0. The van der Waals surface area contributed by atoms with Crippen molar-refractivity contribution >= 4 is 17.9 Å². The first-order valence-electron chi connectivity index (χ1n) is 12.1. The lowest BCUT2D eigenvalue weighted by molar-refractivity contribution is -0.143. The van der Waals surface area contributed by atoms with E-state index in [2.05, 4.69) is 10.6 Å². The van der Waals surface area contributed by atoms with Gasteiger partial charge in [-0.2, -0.15) is 0 Å². The molecule has 1 aromatic carbocycles. The van der Waals surface area contributed by atoms with Gasteiger partial charge in [-0.25, -0.2) is 4.79 Å². The number of amides is 3. The van der Waals surface area contributed by atoms with Gasteiger partial charge in [0.2, 0.25) is 11.8 Å². The van der Waals surface area contributed by atoms with E-state index in [1.165, 1.54) is 4.90 Å². The summed E-state index contributed by atoms with van der Waals surface area (Å²) in [5.41, 5.74) is 1.89. The molecule has 192 valence electrons. The van der Waals surface area contributed by atoms with E-state index in [1.54, 1.807) is 20.8 Å². The molecule has 3 atom stereocenters. The standard InChI is InChI=1S/C26H43N3O5/c1-9-12-18(4)27-23(31)22(20-14-11-13-17(3)19(20)5)29(15-10-2)24(32)21(16-30)28-25(33)34-26(6,7)8/h11,13-14,18,21-22,30H,9-10,12,15-16H2,1-8H3,(H,27,31)(H,28,33). The molecule has 8 nitrogen and oxygen atoms in total. The lowest BCUT2D eigenvalue weighted by Crippen LogP contribution is -2.55. The van der Waals surface area contributed by atoms with Crippen LogP contribution in [0.3, 0.4) is 0 Å². The SMILES string of the molecule is CCCC(C)NC(=O)C(c1cccc(C)c1C)N(CCC)C(=O)C(CO)NC(=O)OC(C)(C)C. The Morgan fingerprint density at radius 3 is 2.26 bits per heavy atom. The van der Waals surface area contributed by atoms with E-state index >= 15 is 0 Å². The van der Waals surface area contributed by atoms with Gasteiger partial charge in [-0.15, -0.1) is 0 Å². The molecule has 0 saturated heterocycles. The molecule has 3 unspecified atom stereocenters. The van der Waals surface area contributed by atoms with Gasteiger partial charge < -0.3 is 25.4 Å². The molecule has 0 aliphatic heterocycles. The largest absolute Gasteiger partial charge is 0.444 e. The van der Waals surface area contributed by atoms with Gasteiger partial charge in [0.15, 0.2) is 0 Å². The van der Waals surface area contributed by atoms with E-state index in [9.17, 15) is 19.5 Å². The van der Waals surface area contributed by atoms with Crippen molar-refractivity contribution in [1.82, 2.24) is 15.5 Å². The van der Waals surface area contributed by atoms with Crippen molar-refractivity contribution in [3.05, 3.63) is 34.9 Å². The van der Waals surface area contributed by atoms with E-state index in [0.29, 0.717) is 6.42 Å². The Balaban J connectivity index is 3.41. The quantitative estimate of drug-likeness (QED) is 0.450. The minimum Gasteiger partial charge on any atom is -0.444 e. The fraction of sp³-hybridized carbons (Fsp3) is 0.654. The molecule has 3 N–H and O–H groups in total. The second-order valence-electron chi connectivity index (χ2n) is 9.80. The summed E-state index contributed by atoms with van der Waals surface area (Å²) in [4.78, 5) is 40.9. The van der Waals surface area contributed by atoms with Gasteiger partial charge in [0, 0.05) is 12.6 Å². The molecule has 1 aromatic rings. The molecule has 0 aliphatic rings. The normalized spacial score (nSPS) is 14.0. The molecule has 34 heavy (non-hydrogen) atoms. The number of benzene rings is 1. The van der Waals surface area contributed by atoms with E-state index in [4.69, 9.17) is 4.74 Å². The van der Waals surface area contributed by atoms with Gasteiger partial charge in [0.25, 0.3) is 0 Å². The monoisotopic (exact) mass is 477 g/mol. The van der Waals surface area contributed by atoms with Crippen molar-refractivity contribution in [2.75, 3.05) is 13.2 Å². The average molecular weight is 478 g/mol. The number of ether oxygens (including phenoxy) is 1. The Morgan fingerprint density at radius 1 is 1.09 bits per heavy atom. The van der Waals surface area contributed by atoms with Crippen LogP contribution in [0.1, 0.15) is 83.5 Å². The second kappa shape index (κ2) is 13.3. The highest BCUT2D eigenvalue weighted by Gasteiger charge is 2.36. The summed E-state index contributed by atoms with van der Waals surface area (Å²) in [7, 11) is 0. The Kier molecular flexibility index (Phi) is 11.5. The first-order chi connectivity index (χ1) is 15.9. The van der Waals surface area contributed by atoms with E-state index in [1.807, 2.05) is 52.8 Å². The maximum Gasteiger partial charge on any atom is 0.408 e. The molecule has 0 bridgehead atoms. The number of nitrogens with zero attached hydrogens (tertiary/aromatic N) is 1. The number of rotatable bonds is 11. The van der Waals surface area contributed by atoms with Crippen molar-refractivity contribution < 1.29 is 24.2 Å². The minimum absolute atomic E-state index is 0.0581. The van der Waals surface area contributed by atoms with Gasteiger partial charge in [-0.1, -0.05) is 38.5 Å². The van der Waals surface area contributed by atoms with Crippen LogP contribution in [0.5, 0.6) is 0 Å². The third kappa shape index (κ3) is 8.63. The van der Waals surface area contributed by atoms with Gasteiger partial charge in [-0.05, 0) is 71.1 Å². The summed E-state index contributed by atoms with van der Waals surface area (Å²) >= 11 is 0. The van der Waals surface area contributed by atoms with Crippen LogP contribution in [0.25, 0.3) is 0 Å². The summed E-state index contributed by atoms with van der Waals surface area (Å²) in [5, 5.41) is 15.4. The first-order valence-corrected chi connectivity index (χ1v) is 12.1. The Bertz CT molecular complexity index is 834. The maximum absolute atomic E-state index is 13.6. The minimum atomic E-state index is -1.24. The van der Waals surface area contributed by atoms with Crippen LogP contribution >= 0.6 is 0 Å². The molecule has 0 radical (unpaired) electrons. The number of aliphatic hydroxyl groups excluding tert-OH is 1. The summed E-state index contributed by atoms with van der Waals surface area (Å²) in [6.45, 7) is 14.6. The van der Waals surface area contributed by atoms with Crippen LogP contribution in [-0.4, -0.2) is 58.8 Å². The number of hydrogen-bond donors (Lipinski definition) is 3. The van der Waals surface area contributed by atoms with E-state index in [-0.39, 0.29) is 18.5 Å². The zero-order valence-corrected chi connectivity index (χ0v) is 22.0. The summed E-state index contributed by atoms with van der Waals surface area (Å²) in [6, 6.07) is 3.47. The van der Waals surface area contributed by atoms with Crippen LogP contribution in [0.4, 0.5) is 4.79 Å². The molecule has 0 heterocycles. The molecular formula is C26H43N3O5. The van der Waals surface area contributed by atoms with Crippen molar-refractivity contribution in [2.24, 2.45) is 0 Å². The molecule has 3 amide bonds. The molecule has 0 saturated carbocycles. The molecule has 0 aromatic heterocycles. The summed E-state index contributed by atoms with van der Waals surface area (Å²) < 4.78 is 5.26. The highest BCUT2D eigenvalue weighted by atomic mass is 16.6. The fourth-order valence-corrected chi connectivity index (χ4v) is 3.79. The van der Waals surface area contributed by atoms with Crippen LogP contribution in [0, 0.1) is 13.8 Å². The molecule has 0 aliphatic carbocycles. The number of hydrogen-bond acceptors (Lipinski definition) is 5. The van der Waals surface area contributed by atoms with Crippen molar-refractivity contribution in [2.45, 2.75) is 98.4 Å². The zero-order chi connectivity index (χ0) is 26.1. The van der Waals surface area contributed by atoms with Gasteiger partial charge >= 0.3 is 6.09 Å². The number of carbonyl (C=O) groups is 3. The maximum atomic E-state index is 13.6. The predicted molar refractivity (Wildman–Crippen MR) is 133 cm³/mol. The highest BCUT2D eigenvalue weighted by Crippen LogP contribution is 2.28. The topological polar surface area (TPSA) is 108 Å². The molecule has 8 heteroatoms. The van der Waals surface area contributed by atoms with Gasteiger partial charge in [-0.3, -0.25) is 9.59 Å². The predicted octanol–water partition coefficient (Wildman–Crippen LogP) is 3.77. The smallest absolute Gasteiger partial charge is 0.408 e. The Morgan fingerprint density at radius 2 is 1.74 bits per heavy atom. The van der Waals surface area contributed by atoms with Crippen LogP contribution in [0.2, 0.25) is 0 Å². The number of aryl methyl sites for hydroxylation is 1. The van der Waals surface area contributed by atoms with Crippen LogP contribution < -0.4 is 10.6 Å². The lowest BCUT2D eigenvalue weighted by Gasteiger charge is -2.35. The lowest BCUT2D eigenvalue weighted by atomic mass is 9.94. The average Bonchev–Trinajstić information content (AvgIpc) is 2.72. The molecule has 0 spiro atoms. The van der Waals surface area contributed by atoms with Crippen LogP contribution in [-0.2, 0) is 14.3 Å². The van der Waals surface area contributed by atoms with Crippen molar-refractivity contribution in [3.63, 3.8) is 0 Å². The third-order valence-electron chi connectivity index (χ3n) is 5.53. The summed E-state index contributed by atoms with van der Waals surface area (Å²) in [5.74, 6) is -0.829. The Labute approximate surface area is 204 Å². The highest BCUT2D eigenvalue weighted by molar-refractivity contribution is 5.92. The van der Waals surface area contributed by atoms with E-state index in [0.717, 1.165) is 29.5 Å². The first kappa shape index (κ1) is 29.4. The fourth-order valence-electron chi connectivity index (χ4n) is 3.79. The third-order valence-corrected chi connectivity index (χ3v) is 5.53. The number of carbonyl (C=O) groups excluding carboxylic acids is 3. The van der Waals surface area contributed by atoms with Gasteiger partial charge in [0.05, 0.1) is 6.61 Å². The number of aliphatic hydroxyl groups is 1.